The van der Waals surface area contributed by atoms with Gasteiger partial charge in [-0.1, -0.05) is 22.0 Å². The van der Waals surface area contributed by atoms with Gasteiger partial charge in [0, 0.05) is 4.88 Å². The predicted molar refractivity (Wildman–Crippen MR) is 51.6 cm³/mol. The third-order valence-corrected chi connectivity index (χ3v) is 4.09. The van der Waals surface area contributed by atoms with E-state index in [2.05, 4.69) is 15.9 Å². The lowest BCUT2D eigenvalue weighted by atomic mass is 10.0. The average Bonchev–Trinajstić information content (AvgIpc) is 2.48. The first-order chi connectivity index (χ1) is 7.14. The zero-order valence-electron chi connectivity index (χ0n) is 7.44. The smallest absolute Gasteiger partial charge is 0.170 e. The Morgan fingerprint density at radius 1 is 1.06 bits per heavy atom. The van der Waals surface area contributed by atoms with E-state index in [1.54, 1.807) is 0 Å². The maximum Gasteiger partial charge on any atom is 0.401 e. The number of alkyl halides is 7. The molecule has 1 heterocycles. The number of hydrogen-bond donors (Lipinski definition) is 0. The Kier molecular flexibility index (Phi) is 3.94. The molecule has 0 fully saturated rings. The molecule has 92 valence electrons. The van der Waals surface area contributed by atoms with Crippen molar-refractivity contribution >= 4 is 27.3 Å². The van der Waals surface area contributed by atoms with Gasteiger partial charge in [-0.3, -0.25) is 0 Å². The van der Waals surface area contributed by atoms with Crippen molar-refractivity contribution in [2.75, 3.05) is 0 Å². The summed E-state index contributed by atoms with van der Waals surface area (Å²) >= 11 is 3.32. The van der Waals surface area contributed by atoms with Crippen LogP contribution in [0.25, 0.3) is 0 Å². The fourth-order valence-electron chi connectivity index (χ4n) is 1.13. The van der Waals surface area contributed by atoms with Crippen molar-refractivity contribution in [3.63, 3.8) is 0 Å². The van der Waals surface area contributed by atoms with Crippen LogP contribution in [0.5, 0.6) is 0 Å². The van der Waals surface area contributed by atoms with Gasteiger partial charge in [0.1, 0.15) is 0 Å². The van der Waals surface area contributed by atoms with Gasteiger partial charge in [0.15, 0.2) is 5.92 Å². The molecule has 0 saturated heterocycles. The summed E-state index contributed by atoms with van der Waals surface area (Å²) in [6.07, 6.45) is -10.6. The Bertz CT molecular complexity index is 313. The zero-order chi connectivity index (χ0) is 12.6. The standard InChI is InChI=1S/C8H5BrF6S/c9-5(4-2-1-3-16-4)6(7(10,11)12)8(13,14)15/h1-3,5-6H. The molecule has 0 spiro atoms. The van der Waals surface area contributed by atoms with Crippen molar-refractivity contribution in [2.24, 2.45) is 5.92 Å². The number of halogens is 7. The van der Waals surface area contributed by atoms with Crippen molar-refractivity contribution in [1.29, 1.82) is 0 Å². The Morgan fingerprint density at radius 3 is 1.88 bits per heavy atom. The first-order valence-electron chi connectivity index (χ1n) is 3.95. The molecule has 0 amide bonds. The predicted octanol–water partition coefficient (Wildman–Crippen LogP) is 4.92. The lowest BCUT2D eigenvalue weighted by molar-refractivity contribution is -0.283. The van der Waals surface area contributed by atoms with Crippen LogP contribution in [0.3, 0.4) is 0 Å². The van der Waals surface area contributed by atoms with Crippen LogP contribution in [0, 0.1) is 5.92 Å². The minimum absolute atomic E-state index is 0.000324. The molecule has 0 saturated carbocycles. The first-order valence-corrected chi connectivity index (χ1v) is 5.74. The van der Waals surface area contributed by atoms with E-state index in [9.17, 15) is 26.3 Å². The monoisotopic (exact) mass is 326 g/mol. The van der Waals surface area contributed by atoms with Crippen LogP contribution in [-0.2, 0) is 0 Å². The van der Waals surface area contributed by atoms with Gasteiger partial charge in [-0.2, -0.15) is 26.3 Å². The molecule has 0 bridgehead atoms. The van der Waals surface area contributed by atoms with Crippen LogP contribution in [0.15, 0.2) is 17.5 Å². The van der Waals surface area contributed by atoms with Gasteiger partial charge in [0.2, 0.25) is 0 Å². The van der Waals surface area contributed by atoms with Gasteiger partial charge in [0.05, 0.1) is 4.83 Å². The summed E-state index contributed by atoms with van der Waals surface area (Å²) in [7, 11) is 0. The third-order valence-electron chi connectivity index (χ3n) is 1.81. The maximum atomic E-state index is 12.3. The molecule has 1 atom stereocenters. The Morgan fingerprint density at radius 2 is 1.56 bits per heavy atom. The average molecular weight is 327 g/mol. The molecular formula is C8H5BrF6S. The van der Waals surface area contributed by atoms with E-state index in [-0.39, 0.29) is 4.88 Å². The molecule has 0 nitrogen and oxygen atoms in total. The highest BCUT2D eigenvalue weighted by molar-refractivity contribution is 9.09. The van der Waals surface area contributed by atoms with Crippen molar-refractivity contribution in [3.8, 4) is 0 Å². The van der Waals surface area contributed by atoms with Gasteiger partial charge >= 0.3 is 12.4 Å². The van der Waals surface area contributed by atoms with Crippen LogP contribution in [0.4, 0.5) is 26.3 Å². The summed E-state index contributed by atoms with van der Waals surface area (Å²) in [4.78, 5) is -1.80. The van der Waals surface area contributed by atoms with Crippen LogP contribution in [-0.4, -0.2) is 12.4 Å². The van der Waals surface area contributed by atoms with Gasteiger partial charge in [-0.15, -0.1) is 11.3 Å². The SMILES string of the molecule is FC(F)(F)C(C(Br)c1cccs1)C(F)(F)F. The van der Waals surface area contributed by atoms with Gasteiger partial charge in [-0.25, -0.2) is 0 Å². The largest absolute Gasteiger partial charge is 0.401 e. The number of thiophene rings is 1. The Hall–Kier alpha value is -0.240. The van der Waals surface area contributed by atoms with E-state index in [1.165, 1.54) is 17.5 Å². The molecule has 0 N–H and O–H groups in total. The van der Waals surface area contributed by atoms with Crippen molar-refractivity contribution in [2.45, 2.75) is 17.2 Å². The second-order valence-corrected chi connectivity index (χ2v) is 4.94. The fraction of sp³-hybridized carbons (Fsp3) is 0.500. The molecule has 1 aromatic heterocycles. The highest BCUT2D eigenvalue weighted by Gasteiger charge is 2.60. The number of rotatable bonds is 2. The molecule has 0 aromatic carbocycles. The first kappa shape index (κ1) is 13.8. The second kappa shape index (κ2) is 4.56. The molecule has 0 radical (unpaired) electrons. The van der Waals surface area contributed by atoms with Crippen molar-refractivity contribution in [1.82, 2.24) is 0 Å². The summed E-state index contributed by atoms with van der Waals surface area (Å²) in [5.74, 6) is -3.39. The van der Waals surface area contributed by atoms with Crippen LogP contribution < -0.4 is 0 Å². The minimum atomic E-state index is -5.32. The molecular weight excluding hydrogens is 322 g/mol. The van der Waals surface area contributed by atoms with E-state index in [0.29, 0.717) is 0 Å². The fourth-order valence-corrected chi connectivity index (χ4v) is 2.94. The quantitative estimate of drug-likeness (QED) is 0.534. The molecule has 1 aromatic rings. The van der Waals surface area contributed by atoms with E-state index < -0.39 is 23.1 Å². The van der Waals surface area contributed by atoms with E-state index >= 15 is 0 Å². The van der Waals surface area contributed by atoms with Gasteiger partial charge in [0.25, 0.3) is 0 Å². The second-order valence-electron chi connectivity index (χ2n) is 2.98. The zero-order valence-corrected chi connectivity index (χ0v) is 9.84. The Balaban J connectivity index is 3.04. The summed E-state index contributed by atoms with van der Waals surface area (Å²) in [6.45, 7) is 0. The maximum absolute atomic E-state index is 12.3. The minimum Gasteiger partial charge on any atom is -0.170 e. The lowest BCUT2D eigenvalue weighted by Crippen LogP contribution is -2.39. The molecule has 0 aliphatic rings. The van der Waals surface area contributed by atoms with Gasteiger partial charge < -0.3 is 0 Å². The van der Waals surface area contributed by atoms with Crippen LogP contribution in [0.1, 0.15) is 9.70 Å². The summed E-state index contributed by atoms with van der Waals surface area (Å²) in [6, 6.07) is 2.63. The molecule has 8 heteroatoms. The molecule has 16 heavy (non-hydrogen) atoms. The lowest BCUT2D eigenvalue weighted by Gasteiger charge is -2.26. The molecule has 1 unspecified atom stereocenters. The highest BCUT2D eigenvalue weighted by Crippen LogP contribution is 2.50. The van der Waals surface area contributed by atoms with Gasteiger partial charge in [-0.05, 0) is 11.4 Å². The van der Waals surface area contributed by atoms with E-state index in [1.807, 2.05) is 0 Å². The molecule has 0 aliphatic heterocycles. The van der Waals surface area contributed by atoms with E-state index in [0.717, 1.165) is 11.3 Å². The number of hydrogen-bond acceptors (Lipinski definition) is 1. The highest BCUT2D eigenvalue weighted by atomic mass is 79.9. The topological polar surface area (TPSA) is 0 Å². The van der Waals surface area contributed by atoms with Crippen LogP contribution >= 0.6 is 27.3 Å². The molecule has 0 aliphatic carbocycles. The summed E-state index contributed by atoms with van der Waals surface area (Å²) in [5, 5.41) is 1.42. The normalized spacial score (nSPS) is 15.5. The summed E-state index contributed by atoms with van der Waals surface area (Å²) in [5.41, 5.74) is 0. The third kappa shape index (κ3) is 3.13. The molecule has 1 rings (SSSR count). The Labute approximate surface area is 99.4 Å². The summed E-state index contributed by atoms with van der Waals surface area (Å²) < 4.78 is 73.9. The van der Waals surface area contributed by atoms with Crippen molar-refractivity contribution in [3.05, 3.63) is 22.4 Å². The van der Waals surface area contributed by atoms with E-state index in [4.69, 9.17) is 0 Å². The van der Waals surface area contributed by atoms with Crippen LogP contribution in [0.2, 0.25) is 0 Å². The van der Waals surface area contributed by atoms with Crippen molar-refractivity contribution < 1.29 is 26.3 Å².